The number of hydrogen-bond acceptors (Lipinski definition) is 7. The quantitative estimate of drug-likeness (QED) is 0.121. The average Bonchev–Trinajstić information content (AvgIpc) is 3.02. The summed E-state index contributed by atoms with van der Waals surface area (Å²) in [7, 11) is 0. The highest BCUT2D eigenvalue weighted by Gasteiger charge is 2.35. The number of hydrogen-bond donors (Lipinski definition) is 2. The largest absolute Gasteiger partial charge is 0.462 e. The number of aliphatic hydroxyl groups excluding tert-OH is 2. The van der Waals surface area contributed by atoms with E-state index in [1.807, 2.05) is 0 Å². The van der Waals surface area contributed by atoms with E-state index < -0.39 is 25.2 Å². The van der Waals surface area contributed by atoms with E-state index in [1.54, 1.807) is 6.92 Å². The highest BCUT2D eigenvalue weighted by atomic mass is 16.7. The van der Waals surface area contributed by atoms with Crippen molar-refractivity contribution in [1.29, 1.82) is 0 Å². The van der Waals surface area contributed by atoms with Crippen LogP contribution in [-0.2, 0) is 30.2 Å². The van der Waals surface area contributed by atoms with Crippen LogP contribution in [0.2, 0.25) is 0 Å². The molecule has 2 atom stereocenters. The normalized spacial score (nSPS) is 24.2. The summed E-state index contributed by atoms with van der Waals surface area (Å²) in [5.41, 5.74) is 3.37. The smallest absolute Gasteiger partial charge is 0.335 e. The third-order valence-electron chi connectivity index (χ3n) is 8.80. The molecule has 0 amide bonds. The zero-order chi connectivity index (χ0) is 30.1. The summed E-state index contributed by atoms with van der Waals surface area (Å²) in [6.45, 7) is 12.2. The first-order chi connectivity index (χ1) is 20.3. The Labute approximate surface area is 250 Å². The molecule has 0 radical (unpaired) electrons. The Bertz CT molecular complexity index is 1190. The number of carbonyl (C=O) groups excluding carboxylic acids is 1. The van der Waals surface area contributed by atoms with E-state index in [0.29, 0.717) is 43.0 Å². The Kier molecular flexibility index (Phi) is 12.2. The number of aliphatic hydroxyl groups is 2. The molecule has 7 nitrogen and oxygen atoms in total. The minimum Gasteiger partial charge on any atom is -0.462 e. The standard InChI is InChI=1S/C35H48O7/c1-5-6-25-7-8-30-18-29(14-13-28(30)17-25)26-9-11-27(12-10-26)32-21-41-35(42-22-32)31(20-40-33(37)23(2)3)15-16-39-34(38)24(4)19-36/h7-8,13-14,17-18,26-27,31-33,35-37H,2,4-6,9-12,15-16,19-22H2,1,3H3. The second-order valence-corrected chi connectivity index (χ2v) is 12.1. The van der Waals surface area contributed by atoms with Crippen molar-refractivity contribution < 1.29 is 34.0 Å². The maximum absolute atomic E-state index is 11.9. The molecular formula is C35H48O7. The number of aryl methyl sites for hydroxylation is 1. The predicted octanol–water partition coefficient (Wildman–Crippen LogP) is 6.06. The van der Waals surface area contributed by atoms with Crippen LogP contribution >= 0.6 is 0 Å². The van der Waals surface area contributed by atoms with Crippen LogP contribution in [0.3, 0.4) is 0 Å². The molecule has 230 valence electrons. The number of benzene rings is 2. The lowest BCUT2D eigenvalue weighted by atomic mass is 9.74. The molecule has 7 heteroatoms. The molecular weight excluding hydrogens is 532 g/mol. The number of carbonyl (C=O) groups is 1. The average molecular weight is 581 g/mol. The van der Waals surface area contributed by atoms with Crippen LogP contribution in [0.15, 0.2) is 60.7 Å². The molecule has 0 spiro atoms. The van der Waals surface area contributed by atoms with Crippen LogP contribution in [0.25, 0.3) is 10.8 Å². The third-order valence-corrected chi connectivity index (χ3v) is 8.80. The first-order valence-electron chi connectivity index (χ1n) is 15.5. The molecule has 4 rings (SSSR count). The van der Waals surface area contributed by atoms with Crippen molar-refractivity contribution in [2.75, 3.05) is 33.0 Å². The van der Waals surface area contributed by atoms with Crippen LogP contribution in [0.1, 0.15) is 69.4 Å². The Hall–Kier alpha value is -2.55. The zero-order valence-corrected chi connectivity index (χ0v) is 25.3. The van der Waals surface area contributed by atoms with E-state index in [4.69, 9.17) is 24.1 Å². The SMILES string of the molecule is C=C(CO)C(=O)OCCC(COC(O)C(=C)C)C1OCC(C2CCC(c3ccc4cc(CCC)ccc4c3)CC2)CO1. The summed E-state index contributed by atoms with van der Waals surface area (Å²) < 4.78 is 23.2. The fourth-order valence-corrected chi connectivity index (χ4v) is 6.14. The van der Waals surface area contributed by atoms with Gasteiger partial charge in [0.2, 0.25) is 0 Å². The van der Waals surface area contributed by atoms with Crippen LogP contribution in [0.4, 0.5) is 0 Å². The maximum Gasteiger partial charge on any atom is 0.335 e. The van der Waals surface area contributed by atoms with Crippen molar-refractivity contribution in [3.05, 3.63) is 71.8 Å². The maximum atomic E-state index is 11.9. The molecule has 2 unspecified atom stereocenters. The summed E-state index contributed by atoms with van der Waals surface area (Å²) in [6.07, 6.45) is 5.75. The van der Waals surface area contributed by atoms with E-state index in [9.17, 15) is 9.90 Å². The van der Waals surface area contributed by atoms with E-state index in [0.717, 1.165) is 19.3 Å². The predicted molar refractivity (Wildman–Crippen MR) is 164 cm³/mol. The Morgan fingerprint density at radius 1 is 1.02 bits per heavy atom. The van der Waals surface area contributed by atoms with Crippen molar-refractivity contribution in [3.8, 4) is 0 Å². The summed E-state index contributed by atoms with van der Waals surface area (Å²) in [4.78, 5) is 11.9. The second kappa shape index (κ2) is 15.8. The van der Waals surface area contributed by atoms with Crippen LogP contribution in [0, 0.1) is 17.8 Å². The number of rotatable bonds is 14. The number of ether oxygens (including phenoxy) is 4. The molecule has 0 aromatic heterocycles. The molecule has 2 aliphatic rings. The van der Waals surface area contributed by atoms with Gasteiger partial charge in [-0.05, 0) is 84.8 Å². The van der Waals surface area contributed by atoms with Gasteiger partial charge in [0, 0.05) is 11.8 Å². The Balaban J connectivity index is 1.27. The lowest BCUT2D eigenvalue weighted by molar-refractivity contribution is -0.245. The van der Waals surface area contributed by atoms with Gasteiger partial charge in [-0.15, -0.1) is 0 Å². The van der Waals surface area contributed by atoms with E-state index in [1.165, 1.54) is 41.2 Å². The minimum absolute atomic E-state index is 0.00449. The third kappa shape index (κ3) is 8.74. The Morgan fingerprint density at radius 2 is 1.71 bits per heavy atom. The van der Waals surface area contributed by atoms with E-state index in [2.05, 4.69) is 56.5 Å². The molecule has 2 aromatic carbocycles. The lowest BCUT2D eigenvalue weighted by Crippen LogP contribution is -2.42. The summed E-state index contributed by atoms with van der Waals surface area (Å²) in [5, 5.41) is 21.8. The molecule has 1 heterocycles. The molecule has 0 bridgehead atoms. The van der Waals surface area contributed by atoms with Crippen molar-refractivity contribution in [1.82, 2.24) is 0 Å². The lowest BCUT2D eigenvalue weighted by Gasteiger charge is -2.39. The highest BCUT2D eigenvalue weighted by Crippen LogP contribution is 2.41. The van der Waals surface area contributed by atoms with Crippen LogP contribution in [-0.4, -0.2) is 61.8 Å². The van der Waals surface area contributed by atoms with Crippen molar-refractivity contribution in [2.45, 2.75) is 77.3 Å². The topological polar surface area (TPSA) is 94.5 Å². The van der Waals surface area contributed by atoms with Gasteiger partial charge in [0.05, 0.1) is 38.6 Å². The summed E-state index contributed by atoms with van der Waals surface area (Å²) in [5.74, 6) is 0.598. The summed E-state index contributed by atoms with van der Waals surface area (Å²) in [6, 6.07) is 13.9. The van der Waals surface area contributed by atoms with Gasteiger partial charge < -0.3 is 29.2 Å². The van der Waals surface area contributed by atoms with Gasteiger partial charge >= 0.3 is 5.97 Å². The molecule has 2 aromatic rings. The fraction of sp³-hybridized carbons (Fsp3) is 0.571. The first-order valence-corrected chi connectivity index (χ1v) is 15.5. The second-order valence-electron chi connectivity index (χ2n) is 12.1. The Morgan fingerprint density at radius 3 is 2.38 bits per heavy atom. The number of fused-ring (bicyclic) bond motifs is 1. The van der Waals surface area contributed by atoms with Gasteiger partial charge in [0.15, 0.2) is 12.6 Å². The van der Waals surface area contributed by atoms with Gasteiger partial charge in [0.1, 0.15) is 0 Å². The van der Waals surface area contributed by atoms with Crippen molar-refractivity contribution in [3.63, 3.8) is 0 Å². The molecule has 1 aliphatic carbocycles. The molecule has 2 fully saturated rings. The van der Waals surface area contributed by atoms with Crippen molar-refractivity contribution >= 4 is 16.7 Å². The van der Waals surface area contributed by atoms with Gasteiger partial charge in [0.25, 0.3) is 0 Å². The van der Waals surface area contributed by atoms with Gasteiger partial charge in [-0.3, -0.25) is 0 Å². The zero-order valence-electron chi connectivity index (χ0n) is 25.3. The van der Waals surface area contributed by atoms with E-state index >= 15 is 0 Å². The van der Waals surface area contributed by atoms with Crippen molar-refractivity contribution in [2.24, 2.45) is 17.8 Å². The molecule has 1 saturated heterocycles. The molecule has 42 heavy (non-hydrogen) atoms. The van der Waals surface area contributed by atoms with Gasteiger partial charge in [-0.2, -0.15) is 0 Å². The number of esters is 1. The molecule has 2 N–H and O–H groups in total. The monoisotopic (exact) mass is 580 g/mol. The molecule has 1 saturated carbocycles. The minimum atomic E-state index is -1.09. The van der Waals surface area contributed by atoms with Gasteiger partial charge in [-0.1, -0.05) is 62.9 Å². The highest BCUT2D eigenvalue weighted by molar-refractivity contribution is 5.87. The fourth-order valence-electron chi connectivity index (χ4n) is 6.14. The molecule has 1 aliphatic heterocycles. The van der Waals surface area contributed by atoms with Crippen LogP contribution < -0.4 is 0 Å². The van der Waals surface area contributed by atoms with Crippen LogP contribution in [0.5, 0.6) is 0 Å². The van der Waals surface area contributed by atoms with E-state index in [-0.39, 0.29) is 24.7 Å². The summed E-state index contributed by atoms with van der Waals surface area (Å²) >= 11 is 0. The first kappa shape index (κ1) is 32.4. The van der Waals surface area contributed by atoms with Gasteiger partial charge in [-0.25, -0.2) is 4.79 Å².